The molecule has 1 saturated carbocycles. The summed E-state index contributed by atoms with van der Waals surface area (Å²) >= 11 is 0. The summed E-state index contributed by atoms with van der Waals surface area (Å²) in [5.74, 6) is 1.01. The van der Waals surface area contributed by atoms with E-state index in [1.54, 1.807) is 4.68 Å². The van der Waals surface area contributed by atoms with Crippen LogP contribution >= 0.6 is 0 Å². The average Bonchev–Trinajstić information content (AvgIpc) is 3.04. The number of rotatable bonds is 4. The highest BCUT2D eigenvalue weighted by Crippen LogP contribution is 2.42. The van der Waals surface area contributed by atoms with Crippen LogP contribution in [-0.2, 0) is 18.3 Å². The lowest BCUT2D eigenvalue weighted by Gasteiger charge is -2.44. The van der Waals surface area contributed by atoms with Crippen molar-refractivity contribution in [1.82, 2.24) is 19.7 Å². The molecular weight excluding hydrogens is 332 g/mol. The number of aryl methyl sites for hydroxylation is 3. The van der Waals surface area contributed by atoms with Crippen LogP contribution in [-0.4, -0.2) is 49.9 Å². The number of amides is 1. The number of nitrogens with one attached hydrogen (secondary N) is 1. The number of pyridine rings is 1. The van der Waals surface area contributed by atoms with Crippen LogP contribution < -0.4 is 5.56 Å². The molecule has 26 heavy (non-hydrogen) atoms. The van der Waals surface area contributed by atoms with E-state index in [1.165, 1.54) is 0 Å². The lowest BCUT2D eigenvalue weighted by molar-refractivity contribution is -0.142. The number of H-pyrrole nitrogens is 1. The zero-order valence-corrected chi connectivity index (χ0v) is 15.6. The Morgan fingerprint density at radius 2 is 2.12 bits per heavy atom. The van der Waals surface area contributed by atoms with E-state index < -0.39 is 0 Å². The number of likely N-dealkylation sites (tertiary alicyclic amines) is 1. The minimum Gasteiger partial charge on any atom is -0.396 e. The third-order valence-electron chi connectivity index (χ3n) is 6.31. The molecule has 0 aromatic carbocycles. The minimum absolute atomic E-state index is 0.117. The second kappa shape index (κ2) is 6.23. The largest absolute Gasteiger partial charge is 0.396 e. The van der Waals surface area contributed by atoms with Gasteiger partial charge in [-0.05, 0) is 50.5 Å². The zero-order valence-electron chi connectivity index (χ0n) is 15.6. The lowest BCUT2D eigenvalue weighted by atomic mass is 9.91. The van der Waals surface area contributed by atoms with Gasteiger partial charge in [0.05, 0.1) is 5.69 Å². The molecule has 0 radical (unpaired) electrons. The Bertz CT molecular complexity index is 929. The Labute approximate surface area is 152 Å². The second-order valence-electron chi connectivity index (χ2n) is 7.88. The minimum atomic E-state index is -0.131. The molecule has 0 unspecified atom stereocenters. The number of carbonyl (C=O) groups excluding carboxylic acids is 1. The molecule has 2 N–H and O–H groups in total. The lowest BCUT2D eigenvalue weighted by Crippen LogP contribution is -2.56. The molecule has 1 aliphatic carbocycles. The molecular formula is C19H26N4O3. The summed E-state index contributed by atoms with van der Waals surface area (Å²) in [5.41, 5.74) is 3.08. The summed E-state index contributed by atoms with van der Waals surface area (Å²) < 4.78 is 1.69. The second-order valence-corrected chi connectivity index (χ2v) is 7.88. The van der Waals surface area contributed by atoms with Crippen LogP contribution in [0.1, 0.15) is 36.1 Å². The maximum absolute atomic E-state index is 12.6. The van der Waals surface area contributed by atoms with Gasteiger partial charge in [-0.2, -0.15) is 5.10 Å². The smallest absolute Gasteiger partial charge is 0.253 e. The van der Waals surface area contributed by atoms with Crippen molar-refractivity contribution in [2.24, 2.45) is 18.9 Å². The molecule has 3 heterocycles. The number of carbonyl (C=O) groups is 1. The fraction of sp³-hybridized carbons (Fsp3) is 0.632. The van der Waals surface area contributed by atoms with Crippen molar-refractivity contribution in [2.45, 2.75) is 45.6 Å². The zero-order chi connectivity index (χ0) is 18.6. The molecule has 0 spiro atoms. The van der Waals surface area contributed by atoms with Gasteiger partial charge in [0.15, 0.2) is 0 Å². The van der Waals surface area contributed by atoms with E-state index in [9.17, 15) is 14.7 Å². The molecule has 2 aliphatic rings. The summed E-state index contributed by atoms with van der Waals surface area (Å²) in [5, 5.41) is 14.7. The summed E-state index contributed by atoms with van der Waals surface area (Å²) in [6.45, 7) is 4.89. The van der Waals surface area contributed by atoms with Gasteiger partial charge in [-0.3, -0.25) is 14.3 Å². The Hall–Kier alpha value is -2.15. The standard InChI is InChI=1S/C19H26N4O3/c1-10-14(19(26)20-18-17(10)11(2)21-22(18)3)4-5-16(25)23-8-13-6-12(9-24)7-15(13)23/h12-13,15,24H,4-9H2,1-3H3,(H,20,26)/t12-,13+,15+/m1/s1. The van der Waals surface area contributed by atoms with Crippen LogP contribution in [0.2, 0.25) is 0 Å². The Balaban J connectivity index is 1.49. The summed E-state index contributed by atoms with van der Waals surface area (Å²) in [4.78, 5) is 30.0. The number of aliphatic hydroxyl groups excluding tert-OH is 1. The molecule has 7 heteroatoms. The fourth-order valence-corrected chi connectivity index (χ4v) is 4.91. The highest BCUT2D eigenvalue weighted by Gasteiger charge is 2.47. The number of nitrogens with zero attached hydrogens (tertiary/aromatic N) is 3. The quantitative estimate of drug-likeness (QED) is 0.854. The van der Waals surface area contributed by atoms with Crippen LogP contribution in [0, 0.1) is 25.7 Å². The molecule has 2 aromatic heterocycles. The first kappa shape index (κ1) is 17.3. The highest BCUT2D eigenvalue weighted by atomic mass is 16.3. The van der Waals surface area contributed by atoms with Gasteiger partial charge in [-0.15, -0.1) is 0 Å². The molecule has 2 aromatic rings. The molecule has 140 valence electrons. The molecule has 1 saturated heterocycles. The van der Waals surface area contributed by atoms with Crippen LogP contribution in [0.4, 0.5) is 0 Å². The number of aromatic amines is 1. The summed E-state index contributed by atoms with van der Waals surface area (Å²) in [6.07, 6.45) is 2.73. The van der Waals surface area contributed by atoms with Gasteiger partial charge < -0.3 is 15.0 Å². The van der Waals surface area contributed by atoms with Crippen molar-refractivity contribution in [3.05, 3.63) is 27.2 Å². The topological polar surface area (TPSA) is 91.2 Å². The van der Waals surface area contributed by atoms with E-state index in [4.69, 9.17) is 0 Å². The first-order valence-electron chi connectivity index (χ1n) is 9.36. The Morgan fingerprint density at radius 1 is 1.35 bits per heavy atom. The maximum Gasteiger partial charge on any atom is 0.253 e. The number of hydrogen-bond donors (Lipinski definition) is 2. The van der Waals surface area contributed by atoms with Crippen molar-refractivity contribution >= 4 is 16.9 Å². The monoisotopic (exact) mass is 358 g/mol. The number of aliphatic hydroxyl groups is 1. The summed E-state index contributed by atoms with van der Waals surface area (Å²) in [6, 6.07) is 0.294. The van der Waals surface area contributed by atoms with Crippen LogP contribution in [0.15, 0.2) is 4.79 Å². The SMILES string of the molecule is Cc1nn(C)c2[nH]c(=O)c(CCC(=O)N3C[C@@H]4C[C@@H](CO)C[C@@H]43)c(C)c12. The predicted molar refractivity (Wildman–Crippen MR) is 97.9 cm³/mol. The summed E-state index contributed by atoms with van der Waals surface area (Å²) in [7, 11) is 1.81. The third kappa shape index (κ3) is 2.57. The van der Waals surface area contributed by atoms with E-state index in [-0.39, 0.29) is 18.1 Å². The van der Waals surface area contributed by atoms with E-state index in [0.29, 0.717) is 36.3 Å². The first-order valence-corrected chi connectivity index (χ1v) is 9.36. The average molecular weight is 358 g/mol. The molecule has 1 aliphatic heterocycles. The van der Waals surface area contributed by atoms with Crippen molar-refractivity contribution in [3.63, 3.8) is 0 Å². The number of aromatic nitrogens is 3. The van der Waals surface area contributed by atoms with Crippen LogP contribution in [0.3, 0.4) is 0 Å². The Morgan fingerprint density at radius 3 is 2.85 bits per heavy atom. The Kier molecular flexibility index (Phi) is 4.14. The van der Waals surface area contributed by atoms with E-state index >= 15 is 0 Å². The molecule has 7 nitrogen and oxygen atoms in total. The fourth-order valence-electron chi connectivity index (χ4n) is 4.91. The van der Waals surface area contributed by atoms with E-state index in [1.807, 2.05) is 25.8 Å². The molecule has 0 bridgehead atoms. The van der Waals surface area contributed by atoms with Gasteiger partial charge in [0.1, 0.15) is 5.65 Å². The van der Waals surface area contributed by atoms with E-state index in [2.05, 4.69) is 10.1 Å². The van der Waals surface area contributed by atoms with Crippen molar-refractivity contribution < 1.29 is 9.90 Å². The van der Waals surface area contributed by atoms with E-state index in [0.717, 1.165) is 41.7 Å². The molecule has 4 rings (SSSR count). The highest BCUT2D eigenvalue weighted by molar-refractivity contribution is 5.83. The predicted octanol–water partition coefficient (Wildman–Crippen LogP) is 1.04. The number of fused-ring (bicyclic) bond motifs is 2. The molecule has 2 fully saturated rings. The van der Waals surface area contributed by atoms with Gasteiger partial charge in [0.25, 0.3) is 5.56 Å². The maximum atomic E-state index is 12.6. The normalized spacial score (nSPS) is 24.8. The third-order valence-corrected chi connectivity index (χ3v) is 6.31. The van der Waals surface area contributed by atoms with Gasteiger partial charge in [-0.1, -0.05) is 0 Å². The number of hydrogen-bond acceptors (Lipinski definition) is 4. The molecule has 1 amide bonds. The van der Waals surface area contributed by atoms with Gasteiger partial charge in [-0.25, -0.2) is 0 Å². The van der Waals surface area contributed by atoms with Gasteiger partial charge in [0.2, 0.25) is 5.91 Å². The molecule has 3 atom stereocenters. The van der Waals surface area contributed by atoms with Crippen LogP contribution in [0.25, 0.3) is 11.0 Å². The van der Waals surface area contributed by atoms with Crippen LogP contribution in [0.5, 0.6) is 0 Å². The van der Waals surface area contributed by atoms with Crippen molar-refractivity contribution in [1.29, 1.82) is 0 Å². The van der Waals surface area contributed by atoms with Gasteiger partial charge >= 0.3 is 0 Å². The van der Waals surface area contributed by atoms with Crippen molar-refractivity contribution in [2.75, 3.05) is 13.2 Å². The first-order chi connectivity index (χ1) is 12.4. The van der Waals surface area contributed by atoms with Gasteiger partial charge in [0, 0.05) is 43.6 Å². The van der Waals surface area contributed by atoms with Crippen molar-refractivity contribution in [3.8, 4) is 0 Å².